The number of fused-ring (bicyclic) bond motifs is 1. The van der Waals surface area contributed by atoms with Crippen molar-refractivity contribution < 1.29 is 0 Å². The summed E-state index contributed by atoms with van der Waals surface area (Å²) in [5, 5.41) is 1.43. The molecule has 1 aromatic carbocycles. The molecule has 1 fully saturated rings. The zero-order valence-electron chi connectivity index (χ0n) is 9.99. The topological polar surface area (TPSA) is 0 Å². The van der Waals surface area contributed by atoms with E-state index in [1.54, 1.807) is 4.88 Å². The number of hydrogen-bond acceptors (Lipinski definition) is 1. The van der Waals surface area contributed by atoms with Crippen LogP contribution in [0.5, 0.6) is 0 Å². The lowest BCUT2D eigenvalue weighted by Crippen LogP contribution is -2.05. The molecule has 0 spiro atoms. The lowest BCUT2D eigenvalue weighted by Gasteiger charge is -2.11. The van der Waals surface area contributed by atoms with Crippen LogP contribution in [-0.2, 0) is 5.41 Å². The Balaban J connectivity index is 2.06. The Morgan fingerprint density at radius 1 is 1.31 bits per heavy atom. The van der Waals surface area contributed by atoms with E-state index in [0.717, 1.165) is 5.92 Å². The van der Waals surface area contributed by atoms with Gasteiger partial charge >= 0.3 is 0 Å². The summed E-state index contributed by atoms with van der Waals surface area (Å²) in [6, 6.07) is 11.2. The molecule has 0 amide bonds. The van der Waals surface area contributed by atoms with Crippen LogP contribution in [0.4, 0.5) is 0 Å². The minimum absolute atomic E-state index is 0.540. The molecule has 1 aromatic heterocycles. The first-order chi connectivity index (χ1) is 7.80. The average Bonchev–Trinajstić information content (AvgIpc) is 2.91. The molecule has 2 unspecified atom stereocenters. The van der Waals surface area contributed by atoms with Gasteiger partial charge in [0, 0.05) is 15.0 Å². The highest BCUT2D eigenvalue weighted by Gasteiger charge is 2.53. The van der Waals surface area contributed by atoms with E-state index < -0.39 is 0 Å². The Bertz CT molecular complexity index is 478. The second kappa shape index (κ2) is 3.59. The third kappa shape index (κ3) is 1.34. The molecule has 3 rings (SSSR count). The normalized spacial score (nSPS) is 28.5. The molecule has 0 N–H and O–H groups in total. The summed E-state index contributed by atoms with van der Waals surface area (Å²) in [7, 11) is 0. The smallest absolute Gasteiger partial charge is 0.0345 e. The van der Waals surface area contributed by atoms with Crippen molar-refractivity contribution in [3.8, 4) is 0 Å². The van der Waals surface area contributed by atoms with Crippen LogP contribution >= 0.6 is 11.3 Å². The first kappa shape index (κ1) is 10.3. The molecule has 0 saturated heterocycles. The van der Waals surface area contributed by atoms with Gasteiger partial charge in [-0.05, 0) is 36.3 Å². The largest absolute Gasteiger partial charge is 0.140 e. The molecule has 1 aliphatic carbocycles. The van der Waals surface area contributed by atoms with Crippen LogP contribution in [0.25, 0.3) is 10.1 Å². The summed E-state index contributed by atoms with van der Waals surface area (Å²) in [6.07, 6.45) is 4.05. The first-order valence-corrected chi connectivity index (χ1v) is 7.11. The van der Waals surface area contributed by atoms with E-state index in [0.29, 0.717) is 5.41 Å². The average molecular weight is 230 g/mol. The van der Waals surface area contributed by atoms with Crippen molar-refractivity contribution in [1.82, 2.24) is 0 Å². The van der Waals surface area contributed by atoms with Gasteiger partial charge in [-0.15, -0.1) is 11.3 Å². The van der Waals surface area contributed by atoms with E-state index in [4.69, 9.17) is 0 Å². The van der Waals surface area contributed by atoms with Crippen LogP contribution in [0.15, 0.2) is 30.3 Å². The first-order valence-electron chi connectivity index (χ1n) is 6.29. The minimum Gasteiger partial charge on any atom is -0.140 e. The fourth-order valence-corrected chi connectivity index (χ4v) is 4.46. The van der Waals surface area contributed by atoms with Gasteiger partial charge in [-0.25, -0.2) is 0 Å². The summed E-state index contributed by atoms with van der Waals surface area (Å²) >= 11 is 2.01. The van der Waals surface area contributed by atoms with Crippen molar-refractivity contribution in [1.29, 1.82) is 0 Å². The van der Waals surface area contributed by atoms with Crippen molar-refractivity contribution in [3.63, 3.8) is 0 Å². The third-order valence-corrected chi connectivity index (χ3v) is 5.61. The lowest BCUT2D eigenvalue weighted by molar-refractivity contribution is 0.581. The molecule has 0 aliphatic heterocycles. The van der Waals surface area contributed by atoms with E-state index in [-0.39, 0.29) is 0 Å². The fraction of sp³-hybridized carbons (Fsp3) is 0.467. The summed E-state index contributed by atoms with van der Waals surface area (Å²) < 4.78 is 1.45. The van der Waals surface area contributed by atoms with Crippen molar-refractivity contribution in [2.45, 2.75) is 38.5 Å². The quantitative estimate of drug-likeness (QED) is 0.697. The van der Waals surface area contributed by atoms with E-state index in [1.165, 1.54) is 29.3 Å². The predicted octanol–water partition coefficient (Wildman–Crippen LogP) is 4.98. The molecular weight excluding hydrogens is 212 g/mol. The number of thiophene rings is 1. The van der Waals surface area contributed by atoms with Gasteiger partial charge in [-0.1, -0.05) is 38.5 Å². The highest BCUT2D eigenvalue weighted by Crippen LogP contribution is 2.60. The van der Waals surface area contributed by atoms with Crippen molar-refractivity contribution in [3.05, 3.63) is 35.2 Å². The van der Waals surface area contributed by atoms with Gasteiger partial charge in [0.2, 0.25) is 0 Å². The number of hydrogen-bond donors (Lipinski definition) is 0. The molecular formula is C15H18S. The highest BCUT2D eigenvalue weighted by atomic mass is 32.1. The molecule has 0 bridgehead atoms. The molecule has 1 aliphatic rings. The van der Waals surface area contributed by atoms with Crippen LogP contribution in [0, 0.1) is 5.92 Å². The second-order valence-corrected chi connectivity index (χ2v) is 6.05. The summed E-state index contributed by atoms with van der Waals surface area (Å²) in [5.41, 5.74) is 0.540. The van der Waals surface area contributed by atoms with E-state index in [2.05, 4.69) is 44.2 Å². The highest BCUT2D eigenvalue weighted by molar-refractivity contribution is 7.19. The van der Waals surface area contributed by atoms with Crippen LogP contribution < -0.4 is 0 Å². The molecule has 16 heavy (non-hydrogen) atoms. The van der Waals surface area contributed by atoms with Crippen LogP contribution in [0.1, 0.15) is 38.0 Å². The molecule has 1 saturated carbocycles. The number of benzene rings is 1. The van der Waals surface area contributed by atoms with Crippen LogP contribution in [0.3, 0.4) is 0 Å². The van der Waals surface area contributed by atoms with Gasteiger partial charge in [0.15, 0.2) is 0 Å². The van der Waals surface area contributed by atoms with Crippen LogP contribution in [-0.4, -0.2) is 0 Å². The lowest BCUT2D eigenvalue weighted by atomic mass is 9.96. The second-order valence-electron chi connectivity index (χ2n) is 4.97. The summed E-state index contributed by atoms with van der Waals surface area (Å²) in [5.74, 6) is 0.936. The van der Waals surface area contributed by atoms with Gasteiger partial charge < -0.3 is 0 Å². The van der Waals surface area contributed by atoms with Gasteiger partial charge in [0.25, 0.3) is 0 Å². The van der Waals surface area contributed by atoms with E-state index in [9.17, 15) is 0 Å². The summed E-state index contributed by atoms with van der Waals surface area (Å²) in [4.78, 5) is 1.63. The van der Waals surface area contributed by atoms with Gasteiger partial charge in [0.1, 0.15) is 0 Å². The third-order valence-electron chi connectivity index (χ3n) is 4.27. The maximum absolute atomic E-state index is 2.43. The number of rotatable bonds is 3. The van der Waals surface area contributed by atoms with Gasteiger partial charge in [-0.3, -0.25) is 0 Å². The zero-order valence-corrected chi connectivity index (χ0v) is 10.8. The fourth-order valence-electron chi connectivity index (χ4n) is 3.05. The predicted molar refractivity (Wildman–Crippen MR) is 72.2 cm³/mol. The van der Waals surface area contributed by atoms with Crippen molar-refractivity contribution in [2.75, 3.05) is 0 Å². The molecule has 1 heteroatoms. The van der Waals surface area contributed by atoms with E-state index in [1.807, 2.05) is 11.3 Å². The Hall–Kier alpha value is -0.820. The Kier molecular flexibility index (Phi) is 2.32. The molecule has 2 atom stereocenters. The Morgan fingerprint density at radius 2 is 2.12 bits per heavy atom. The van der Waals surface area contributed by atoms with Crippen molar-refractivity contribution >= 4 is 21.4 Å². The molecule has 0 radical (unpaired) electrons. The monoisotopic (exact) mass is 230 g/mol. The summed E-state index contributed by atoms with van der Waals surface area (Å²) in [6.45, 7) is 4.68. The van der Waals surface area contributed by atoms with Gasteiger partial charge in [-0.2, -0.15) is 0 Å². The zero-order chi connectivity index (χ0) is 11.2. The Morgan fingerprint density at radius 3 is 2.75 bits per heavy atom. The molecule has 1 heterocycles. The molecule has 84 valence electrons. The maximum Gasteiger partial charge on any atom is 0.0345 e. The SMILES string of the molecule is CCC1CC1(CC)c1cc2ccccc2s1. The molecule has 0 nitrogen and oxygen atoms in total. The standard InChI is InChI=1S/C15H18S/c1-3-12-10-15(12,4-2)14-9-11-7-5-6-8-13(11)16-14/h5-9,12H,3-4,10H2,1-2H3. The van der Waals surface area contributed by atoms with Crippen molar-refractivity contribution in [2.24, 2.45) is 5.92 Å². The van der Waals surface area contributed by atoms with Gasteiger partial charge in [0.05, 0.1) is 0 Å². The van der Waals surface area contributed by atoms with E-state index >= 15 is 0 Å². The van der Waals surface area contributed by atoms with Crippen LogP contribution in [0.2, 0.25) is 0 Å². The minimum atomic E-state index is 0.540. The maximum atomic E-state index is 2.43. The Labute approximate surface area is 101 Å². The molecule has 2 aromatic rings.